The van der Waals surface area contributed by atoms with Crippen molar-refractivity contribution in [3.8, 4) is 0 Å². The Morgan fingerprint density at radius 1 is 1.30 bits per heavy atom. The Morgan fingerprint density at radius 2 is 1.95 bits per heavy atom. The van der Waals surface area contributed by atoms with Crippen LogP contribution in [0.15, 0.2) is 41.4 Å². The lowest BCUT2D eigenvalue weighted by Gasteiger charge is -2.16. The maximum Gasteiger partial charge on any atom is 0.244 e. The highest BCUT2D eigenvalue weighted by Crippen LogP contribution is 2.18. The monoisotopic (exact) mass is 316 g/mol. The minimum atomic E-state index is -3.59. The lowest BCUT2D eigenvalue weighted by Crippen LogP contribution is -2.26. The number of nitrogens with zero attached hydrogens (tertiary/aromatic N) is 1. The lowest BCUT2D eigenvalue weighted by molar-refractivity contribution is 0.466. The summed E-state index contributed by atoms with van der Waals surface area (Å²) in [5.41, 5.74) is 1.35. The number of aromatic nitrogens is 1. The molecular formula is C13H14ClFN2O2S. The largest absolute Gasteiger partial charge is 0.363 e. The number of aromatic amines is 1. The molecule has 2 aromatic rings. The van der Waals surface area contributed by atoms with E-state index in [4.69, 9.17) is 11.6 Å². The molecule has 0 saturated heterocycles. The van der Waals surface area contributed by atoms with Crippen molar-refractivity contribution in [2.75, 3.05) is 7.05 Å². The molecule has 0 bridgehead atoms. The first-order valence-corrected chi connectivity index (χ1v) is 7.85. The summed E-state index contributed by atoms with van der Waals surface area (Å²) in [5, 5.41) is 0. The van der Waals surface area contributed by atoms with E-state index < -0.39 is 10.0 Å². The molecule has 0 spiro atoms. The first kappa shape index (κ1) is 15.0. The predicted molar refractivity (Wildman–Crippen MR) is 75.4 cm³/mol. The van der Waals surface area contributed by atoms with Gasteiger partial charge in [0.05, 0.1) is 10.8 Å². The third-order valence-corrected chi connectivity index (χ3v) is 4.96. The van der Waals surface area contributed by atoms with Crippen LogP contribution in [-0.4, -0.2) is 24.8 Å². The average molecular weight is 317 g/mol. The van der Waals surface area contributed by atoms with Gasteiger partial charge in [0.2, 0.25) is 10.0 Å². The van der Waals surface area contributed by atoms with Gasteiger partial charge in [-0.2, -0.15) is 4.31 Å². The first-order chi connectivity index (χ1) is 9.43. The number of alkyl halides is 1. The smallest absolute Gasteiger partial charge is 0.244 e. The molecule has 0 radical (unpaired) electrons. The van der Waals surface area contributed by atoms with Crippen LogP contribution in [0.2, 0.25) is 0 Å². The molecule has 108 valence electrons. The van der Waals surface area contributed by atoms with E-state index in [-0.39, 0.29) is 23.1 Å². The second-order valence-corrected chi connectivity index (χ2v) is 6.69. The molecule has 0 fully saturated rings. The molecule has 0 amide bonds. The van der Waals surface area contributed by atoms with Crippen LogP contribution < -0.4 is 0 Å². The van der Waals surface area contributed by atoms with E-state index in [1.807, 2.05) is 0 Å². The van der Waals surface area contributed by atoms with Gasteiger partial charge in [0.15, 0.2) is 0 Å². The molecule has 1 heterocycles. The number of halogens is 2. The predicted octanol–water partition coefficient (Wildman–Crippen LogP) is 2.71. The SMILES string of the molecule is CN(Cc1ccc(F)cc1)S(=O)(=O)c1c[nH]c(CCl)c1. The summed E-state index contributed by atoms with van der Waals surface area (Å²) in [6.07, 6.45) is 1.41. The Bertz CT molecular complexity index is 683. The highest BCUT2D eigenvalue weighted by molar-refractivity contribution is 7.89. The summed E-state index contributed by atoms with van der Waals surface area (Å²) in [7, 11) is -2.11. The summed E-state index contributed by atoms with van der Waals surface area (Å²) < 4.78 is 38.7. The van der Waals surface area contributed by atoms with Crippen molar-refractivity contribution in [1.29, 1.82) is 0 Å². The Labute approximate surface area is 122 Å². The van der Waals surface area contributed by atoms with Crippen molar-refractivity contribution < 1.29 is 12.8 Å². The number of H-pyrrole nitrogens is 1. The minimum absolute atomic E-state index is 0.165. The quantitative estimate of drug-likeness (QED) is 0.862. The van der Waals surface area contributed by atoms with Crippen LogP contribution in [0.3, 0.4) is 0 Å². The number of hydrogen-bond donors (Lipinski definition) is 1. The maximum absolute atomic E-state index is 12.8. The molecule has 4 nitrogen and oxygen atoms in total. The van der Waals surface area contributed by atoms with Gasteiger partial charge in [-0.05, 0) is 23.8 Å². The Balaban J connectivity index is 2.18. The van der Waals surface area contributed by atoms with Crippen LogP contribution in [0.4, 0.5) is 4.39 Å². The Hall–Kier alpha value is -1.37. The highest BCUT2D eigenvalue weighted by atomic mass is 35.5. The third-order valence-electron chi connectivity index (χ3n) is 2.89. The lowest BCUT2D eigenvalue weighted by atomic mass is 10.2. The van der Waals surface area contributed by atoms with E-state index in [0.717, 1.165) is 0 Å². The van der Waals surface area contributed by atoms with Crippen LogP contribution in [0, 0.1) is 5.82 Å². The molecule has 0 saturated carbocycles. The average Bonchev–Trinajstić information content (AvgIpc) is 2.90. The molecule has 20 heavy (non-hydrogen) atoms. The fraction of sp³-hybridized carbons (Fsp3) is 0.231. The highest BCUT2D eigenvalue weighted by Gasteiger charge is 2.22. The maximum atomic E-state index is 12.8. The number of hydrogen-bond acceptors (Lipinski definition) is 2. The molecule has 2 rings (SSSR count). The number of sulfonamides is 1. The molecule has 0 aliphatic carbocycles. The summed E-state index contributed by atoms with van der Waals surface area (Å²) in [4.78, 5) is 2.96. The van der Waals surface area contributed by atoms with E-state index in [9.17, 15) is 12.8 Å². The van der Waals surface area contributed by atoms with Crippen molar-refractivity contribution in [2.45, 2.75) is 17.3 Å². The number of benzene rings is 1. The summed E-state index contributed by atoms with van der Waals surface area (Å²) in [6.45, 7) is 0.171. The summed E-state index contributed by atoms with van der Waals surface area (Å²) >= 11 is 5.64. The van der Waals surface area contributed by atoms with Gasteiger partial charge >= 0.3 is 0 Å². The third kappa shape index (κ3) is 3.20. The zero-order chi connectivity index (χ0) is 14.8. The first-order valence-electron chi connectivity index (χ1n) is 5.87. The summed E-state index contributed by atoms with van der Waals surface area (Å²) in [6, 6.07) is 7.23. The van der Waals surface area contributed by atoms with Gasteiger partial charge in [0, 0.05) is 25.5 Å². The van der Waals surface area contributed by atoms with E-state index in [0.29, 0.717) is 11.3 Å². The van der Waals surface area contributed by atoms with Gasteiger partial charge in [0.25, 0.3) is 0 Å². The zero-order valence-corrected chi connectivity index (χ0v) is 12.4. The standard InChI is InChI=1S/C13H14ClFN2O2S/c1-17(9-10-2-4-11(15)5-3-10)20(18,19)13-6-12(7-14)16-8-13/h2-6,8,16H,7,9H2,1H3. The van der Waals surface area contributed by atoms with E-state index in [1.165, 1.54) is 35.7 Å². The van der Waals surface area contributed by atoms with E-state index in [2.05, 4.69) is 4.98 Å². The van der Waals surface area contributed by atoms with Gasteiger partial charge in [-0.3, -0.25) is 0 Å². The molecule has 1 aromatic carbocycles. The van der Waals surface area contributed by atoms with Crippen LogP contribution in [0.5, 0.6) is 0 Å². The van der Waals surface area contributed by atoms with Crippen LogP contribution >= 0.6 is 11.6 Å². The molecule has 1 N–H and O–H groups in total. The van der Waals surface area contributed by atoms with Gasteiger partial charge in [-0.15, -0.1) is 11.6 Å². The minimum Gasteiger partial charge on any atom is -0.363 e. The molecule has 0 unspecified atom stereocenters. The number of rotatable bonds is 5. The Kier molecular flexibility index (Phi) is 4.47. The van der Waals surface area contributed by atoms with Gasteiger partial charge in [-0.1, -0.05) is 12.1 Å². The fourth-order valence-electron chi connectivity index (χ4n) is 1.76. The van der Waals surface area contributed by atoms with Gasteiger partial charge in [0.1, 0.15) is 5.82 Å². The van der Waals surface area contributed by atoms with Gasteiger partial charge < -0.3 is 4.98 Å². The molecule has 7 heteroatoms. The zero-order valence-electron chi connectivity index (χ0n) is 10.8. The molecule has 0 aliphatic heterocycles. The topological polar surface area (TPSA) is 53.2 Å². The molecule has 0 aliphatic rings. The van der Waals surface area contributed by atoms with Crippen LogP contribution in [0.25, 0.3) is 0 Å². The number of nitrogens with one attached hydrogen (secondary N) is 1. The molecular weight excluding hydrogens is 303 g/mol. The van der Waals surface area contributed by atoms with E-state index >= 15 is 0 Å². The van der Waals surface area contributed by atoms with Crippen molar-refractivity contribution in [2.24, 2.45) is 0 Å². The second-order valence-electron chi connectivity index (χ2n) is 4.38. The molecule has 0 atom stereocenters. The van der Waals surface area contributed by atoms with Crippen LogP contribution in [-0.2, 0) is 22.4 Å². The molecule has 1 aromatic heterocycles. The normalized spacial score (nSPS) is 12.0. The van der Waals surface area contributed by atoms with Gasteiger partial charge in [-0.25, -0.2) is 12.8 Å². The van der Waals surface area contributed by atoms with Crippen molar-refractivity contribution in [3.63, 3.8) is 0 Å². The van der Waals surface area contributed by atoms with Crippen molar-refractivity contribution in [1.82, 2.24) is 9.29 Å². The fourth-order valence-corrected chi connectivity index (χ4v) is 3.09. The van der Waals surface area contributed by atoms with Crippen LogP contribution in [0.1, 0.15) is 11.3 Å². The van der Waals surface area contributed by atoms with E-state index in [1.54, 1.807) is 12.1 Å². The Morgan fingerprint density at radius 3 is 2.50 bits per heavy atom. The van der Waals surface area contributed by atoms with Crippen molar-refractivity contribution in [3.05, 3.63) is 53.6 Å². The van der Waals surface area contributed by atoms with Crippen molar-refractivity contribution >= 4 is 21.6 Å². The summed E-state index contributed by atoms with van der Waals surface area (Å²) in [5.74, 6) is -0.131. The second kappa shape index (κ2) is 5.95.